The van der Waals surface area contributed by atoms with Crippen molar-refractivity contribution in [3.63, 3.8) is 0 Å². The maximum absolute atomic E-state index is 13.9. The van der Waals surface area contributed by atoms with Crippen LogP contribution in [0.1, 0.15) is 26.5 Å². The zero-order valence-electron chi connectivity index (χ0n) is 19.8. The molecule has 188 valence electrons. The molecule has 0 spiro atoms. The number of carboxylic acids is 1. The van der Waals surface area contributed by atoms with Crippen LogP contribution in [0, 0.1) is 12.3 Å². The van der Waals surface area contributed by atoms with Crippen LogP contribution in [-0.2, 0) is 14.8 Å². The largest absolute Gasteiger partial charge is 0.480 e. The maximum Gasteiger partial charge on any atom is 0.328 e. The molecular formula is C24H23Cl2N5O4S. The van der Waals surface area contributed by atoms with E-state index in [2.05, 4.69) is 15.3 Å². The third-order valence-corrected chi connectivity index (χ3v) is 7.70. The van der Waals surface area contributed by atoms with Crippen LogP contribution < -0.4 is 4.31 Å². The molecule has 0 amide bonds. The summed E-state index contributed by atoms with van der Waals surface area (Å²) in [5.41, 5.74) is 0.567. The van der Waals surface area contributed by atoms with Crippen LogP contribution in [0.25, 0.3) is 16.7 Å². The number of aromatic nitrogens is 4. The number of rotatable bonds is 6. The second kappa shape index (κ2) is 9.34. The van der Waals surface area contributed by atoms with Crippen molar-refractivity contribution in [2.45, 2.75) is 38.6 Å². The molecule has 0 bridgehead atoms. The summed E-state index contributed by atoms with van der Waals surface area (Å²) in [5.74, 6) is -0.815. The first-order valence-electron chi connectivity index (χ1n) is 10.8. The summed E-state index contributed by atoms with van der Waals surface area (Å²) in [6, 6.07) is 10.8. The fraction of sp³-hybridized carbons (Fsp3) is 0.250. The molecule has 2 heterocycles. The van der Waals surface area contributed by atoms with Gasteiger partial charge in [-0.1, -0.05) is 44.0 Å². The van der Waals surface area contributed by atoms with Gasteiger partial charge >= 0.3 is 5.97 Å². The van der Waals surface area contributed by atoms with Crippen molar-refractivity contribution in [3.05, 3.63) is 70.5 Å². The van der Waals surface area contributed by atoms with Gasteiger partial charge in [-0.2, -0.15) is 10.2 Å². The Labute approximate surface area is 218 Å². The van der Waals surface area contributed by atoms with Gasteiger partial charge in [-0.25, -0.2) is 17.9 Å². The van der Waals surface area contributed by atoms with Crippen LogP contribution in [0.2, 0.25) is 10.0 Å². The molecule has 2 aromatic carbocycles. The van der Waals surface area contributed by atoms with E-state index in [0.29, 0.717) is 16.7 Å². The fourth-order valence-electron chi connectivity index (χ4n) is 3.88. The zero-order chi connectivity index (χ0) is 26.4. The molecule has 12 heteroatoms. The lowest BCUT2D eigenvalue weighted by Gasteiger charge is -2.37. The van der Waals surface area contributed by atoms with Gasteiger partial charge in [0.25, 0.3) is 10.0 Å². The SMILES string of the molecule is Cc1ccc(-n2ncc3cc(N(C(C(=O)O)C(C)(C)C)S(=O)(=O)c4cc(Cl)cc(Cl)c4)ccc32)nn1. The van der Waals surface area contributed by atoms with E-state index >= 15 is 0 Å². The summed E-state index contributed by atoms with van der Waals surface area (Å²) >= 11 is 12.2. The van der Waals surface area contributed by atoms with Crippen molar-refractivity contribution >= 4 is 55.8 Å². The molecular weight excluding hydrogens is 525 g/mol. The Bertz CT molecular complexity index is 1540. The number of fused-ring (bicyclic) bond motifs is 1. The highest BCUT2D eigenvalue weighted by atomic mass is 35.5. The number of sulfonamides is 1. The smallest absolute Gasteiger partial charge is 0.328 e. The third kappa shape index (κ3) is 4.88. The molecule has 4 aromatic rings. The normalized spacial score (nSPS) is 13.1. The van der Waals surface area contributed by atoms with Gasteiger partial charge in [0.15, 0.2) is 5.82 Å². The van der Waals surface area contributed by atoms with Crippen LogP contribution in [-0.4, -0.2) is 45.5 Å². The molecule has 0 saturated heterocycles. The lowest BCUT2D eigenvalue weighted by atomic mass is 9.86. The highest BCUT2D eigenvalue weighted by molar-refractivity contribution is 7.93. The molecule has 0 aliphatic carbocycles. The lowest BCUT2D eigenvalue weighted by Crippen LogP contribution is -2.52. The van der Waals surface area contributed by atoms with Crippen molar-refractivity contribution in [2.24, 2.45) is 5.41 Å². The van der Waals surface area contributed by atoms with E-state index in [1.54, 1.807) is 55.9 Å². The quantitative estimate of drug-likeness (QED) is 0.355. The standard InChI is InChI=1S/C24H23Cl2N5O4S/c1-14-5-8-21(29-28-14)30-20-7-6-18(9-15(20)13-27-30)31(22(23(32)33)24(2,3)4)36(34,35)19-11-16(25)10-17(26)12-19/h5-13,22H,1-4H3,(H,32,33). The summed E-state index contributed by atoms with van der Waals surface area (Å²) in [5, 5.41) is 23.5. The Kier molecular flexibility index (Phi) is 6.72. The molecule has 36 heavy (non-hydrogen) atoms. The number of halogens is 2. The number of aliphatic carboxylic acids is 1. The Morgan fingerprint density at radius 3 is 2.25 bits per heavy atom. The van der Waals surface area contributed by atoms with Crippen LogP contribution in [0.4, 0.5) is 5.69 Å². The highest BCUT2D eigenvalue weighted by Crippen LogP contribution is 2.37. The van der Waals surface area contributed by atoms with Crippen LogP contribution in [0.3, 0.4) is 0 Å². The molecule has 0 saturated carbocycles. The molecule has 1 atom stereocenters. The van der Waals surface area contributed by atoms with Crippen LogP contribution in [0.5, 0.6) is 0 Å². The van der Waals surface area contributed by atoms with E-state index in [0.717, 1.165) is 10.00 Å². The second-order valence-electron chi connectivity index (χ2n) is 9.35. The highest BCUT2D eigenvalue weighted by Gasteiger charge is 2.43. The zero-order valence-corrected chi connectivity index (χ0v) is 22.2. The first kappa shape index (κ1) is 25.9. The van der Waals surface area contributed by atoms with Crippen LogP contribution >= 0.6 is 23.2 Å². The van der Waals surface area contributed by atoms with Gasteiger partial charge in [-0.05, 0) is 60.9 Å². The minimum absolute atomic E-state index is 0.111. The van der Waals surface area contributed by atoms with E-state index in [-0.39, 0.29) is 20.6 Å². The number of hydrogen-bond acceptors (Lipinski definition) is 6. The minimum Gasteiger partial charge on any atom is -0.480 e. The predicted octanol–water partition coefficient (Wildman–Crippen LogP) is 5.13. The molecule has 1 N–H and O–H groups in total. The molecule has 2 aromatic heterocycles. The Balaban J connectivity index is 1.93. The number of aryl methyl sites for hydroxylation is 1. The number of carboxylic acid groups (broad SMARTS) is 1. The van der Waals surface area contributed by atoms with Gasteiger partial charge in [-0.15, -0.1) is 5.10 Å². The first-order chi connectivity index (χ1) is 16.8. The van der Waals surface area contributed by atoms with Crippen molar-refractivity contribution < 1.29 is 18.3 Å². The van der Waals surface area contributed by atoms with Crippen LogP contribution in [0.15, 0.2) is 59.6 Å². The summed E-state index contributed by atoms with van der Waals surface area (Å²) < 4.78 is 30.3. The monoisotopic (exact) mass is 547 g/mol. The lowest BCUT2D eigenvalue weighted by molar-refractivity contribution is -0.140. The average Bonchev–Trinajstić information content (AvgIpc) is 3.19. The molecule has 0 aliphatic rings. The molecule has 0 aliphatic heterocycles. The Hall–Kier alpha value is -3.21. The van der Waals surface area contributed by atoms with Crippen molar-refractivity contribution in [1.82, 2.24) is 20.0 Å². The Morgan fingerprint density at radius 2 is 1.69 bits per heavy atom. The Morgan fingerprint density at radius 1 is 1.03 bits per heavy atom. The van der Waals surface area contributed by atoms with Gasteiger partial charge in [0, 0.05) is 15.4 Å². The summed E-state index contributed by atoms with van der Waals surface area (Å²) in [7, 11) is -4.41. The van der Waals surface area contributed by atoms with Gasteiger partial charge in [-0.3, -0.25) is 4.31 Å². The van der Waals surface area contributed by atoms with Crippen molar-refractivity contribution in [1.29, 1.82) is 0 Å². The summed E-state index contributed by atoms with van der Waals surface area (Å²) in [6.45, 7) is 6.80. The van der Waals surface area contributed by atoms with E-state index in [1.807, 2.05) is 6.92 Å². The minimum atomic E-state index is -4.41. The van der Waals surface area contributed by atoms with Crippen molar-refractivity contribution in [3.8, 4) is 5.82 Å². The van der Waals surface area contributed by atoms with E-state index in [1.165, 1.54) is 24.3 Å². The van der Waals surface area contributed by atoms with E-state index in [9.17, 15) is 18.3 Å². The van der Waals surface area contributed by atoms with Crippen molar-refractivity contribution in [2.75, 3.05) is 4.31 Å². The van der Waals surface area contributed by atoms with Gasteiger partial charge in [0.1, 0.15) is 6.04 Å². The van der Waals surface area contributed by atoms with Gasteiger partial charge in [0.05, 0.1) is 28.0 Å². The second-order valence-corrected chi connectivity index (χ2v) is 12.0. The third-order valence-electron chi connectivity index (χ3n) is 5.49. The number of benzene rings is 2. The molecule has 4 rings (SSSR count). The maximum atomic E-state index is 13.9. The average molecular weight is 548 g/mol. The molecule has 0 fully saturated rings. The number of hydrogen-bond donors (Lipinski definition) is 1. The van der Waals surface area contributed by atoms with Gasteiger partial charge in [0.2, 0.25) is 0 Å². The fourth-order valence-corrected chi connectivity index (χ4v) is 6.39. The molecule has 1 unspecified atom stereocenters. The first-order valence-corrected chi connectivity index (χ1v) is 13.0. The topological polar surface area (TPSA) is 118 Å². The number of nitrogens with zero attached hydrogens (tertiary/aromatic N) is 5. The molecule has 0 radical (unpaired) electrons. The van der Waals surface area contributed by atoms with Gasteiger partial charge < -0.3 is 5.11 Å². The predicted molar refractivity (Wildman–Crippen MR) is 138 cm³/mol. The summed E-state index contributed by atoms with van der Waals surface area (Å²) in [6.07, 6.45) is 1.55. The molecule has 9 nitrogen and oxygen atoms in total. The number of carbonyl (C=O) groups is 1. The van der Waals surface area contributed by atoms with E-state index < -0.39 is 27.4 Å². The summed E-state index contributed by atoms with van der Waals surface area (Å²) in [4.78, 5) is 12.2. The van der Waals surface area contributed by atoms with E-state index in [4.69, 9.17) is 23.2 Å². The number of anilines is 1.